The van der Waals surface area contributed by atoms with Crippen molar-refractivity contribution in [3.05, 3.63) is 23.8 Å². The molecule has 0 saturated heterocycles. The Morgan fingerprint density at radius 3 is 3.00 bits per heavy atom. The number of anilines is 1. The first kappa shape index (κ1) is 11.8. The van der Waals surface area contributed by atoms with Gasteiger partial charge >= 0.3 is 5.97 Å². The Labute approximate surface area is 101 Å². The van der Waals surface area contributed by atoms with Crippen LogP contribution in [-0.4, -0.2) is 30.3 Å². The molecule has 0 bridgehead atoms. The Morgan fingerprint density at radius 2 is 2.35 bits per heavy atom. The number of carboxylic acid groups (broad SMARTS) is 1. The third kappa shape index (κ3) is 2.52. The minimum absolute atomic E-state index is 0.0241. The molecule has 0 aliphatic carbocycles. The van der Waals surface area contributed by atoms with Crippen LogP contribution in [0.5, 0.6) is 5.75 Å². The fourth-order valence-corrected chi connectivity index (χ4v) is 2.06. The summed E-state index contributed by atoms with van der Waals surface area (Å²) in [6.07, 6.45) is 0.952. The minimum atomic E-state index is -0.811. The highest BCUT2D eigenvalue weighted by atomic mass is 16.5. The monoisotopic (exact) mass is 235 g/mol. The molecule has 92 valence electrons. The summed E-state index contributed by atoms with van der Waals surface area (Å²) < 4.78 is 5.81. The molecule has 0 spiro atoms. The standard InChI is InChI=1S/C13H17NO3/c1-3-10-7-14(8-13(15)16)11-6-9(2)4-5-12(11)17-10/h4-6,10H,3,7-8H2,1-2H3,(H,15,16). The molecule has 1 atom stereocenters. The third-order valence-corrected chi connectivity index (χ3v) is 2.95. The van der Waals surface area contributed by atoms with Gasteiger partial charge in [-0.2, -0.15) is 0 Å². The molecular formula is C13H17NO3. The van der Waals surface area contributed by atoms with Crippen LogP contribution in [0.1, 0.15) is 18.9 Å². The number of carboxylic acids is 1. The Morgan fingerprint density at radius 1 is 1.59 bits per heavy atom. The number of rotatable bonds is 3. The lowest BCUT2D eigenvalue weighted by molar-refractivity contribution is -0.135. The maximum Gasteiger partial charge on any atom is 0.323 e. The Hall–Kier alpha value is -1.71. The van der Waals surface area contributed by atoms with Crippen LogP contribution in [0.25, 0.3) is 0 Å². The summed E-state index contributed by atoms with van der Waals surface area (Å²) in [6.45, 7) is 4.70. The normalized spacial score (nSPS) is 18.5. The first-order chi connectivity index (χ1) is 8.10. The van der Waals surface area contributed by atoms with Gasteiger partial charge in [0.2, 0.25) is 0 Å². The van der Waals surface area contributed by atoms with E-state index in [0.29, 0.717) is 6.54 Å². The average molecular weight is 235 g/mol. The molecule has 17 heavy (non-hydrogen) atoms. The summed E-state index contributed by atoms with van der Waals surface area (Å²) in [7, 11) is 0. The van der Waals surface area contributed by atoms with Crippen molar-refractivity contribution in [2.24, 2.45) is 0 Å². The zero-order valence-corrected chi connectivity index (χ0v) is 10.1. The number of fused-ring (bicyclic) bond motifs is 1. The van der Waals surface area contributed by atoms with Gasteiger partial charge in [0.25, 0.3) is 0 Å². The lowest BCUT2D eigenvalue weighted by Gasteiger charge is -2.35. The molecule has 0 amide bonds. The molecule has 1 aliphatic heterocycles. The fraction of sp³-hybridized carbons (Fsp3) is 0.462. The molecule has 1 aliphatic rings. The van der Waals surface area contributed by atoms with Crippen LogP contribution in [0.2, 0.25) is 0 Å². The van der Waals surface area contributed by atoms with Crippen LogP contribution in [0.15, 0.2) is 18.2 Å². The molecule has 1 N–H and O–H groups in total. The van der Waals surface area contributed by atoms with Crippen LogP contribution >= 0.6 is 0 Å². The van der Waals surface area contributed by atoms with Crippen molar-refractivity contribution in [3.8, 4) is 5.75 Å². The lowest BCUT2D eigenvalue weighted by Crippen LogP contribution is -2.42. The topological polar surface area (TPSA) is 49.8 Å². The maximum absolute atomic E-state index is 10.9. The second kappa shape index (κ2) is 4.65. The zero-order chi connectivity index (χ0) is 12.4. The van der Waals surface area contributed by atoms with Gasteiger partial charge in [-0.25, -0.2) is 0 Å². The Bertz CT molecular complexity index is 431. The SMILES string of the molecule is CCC1CN(CC(=O)O)c2cc(C)ccc2O1. The maximum atomic E-state index is 10.9. The largest absolute Gasteiger partial charge is 0.486 e. The van der Waals surface area contributed by atoms with Gasteiger partial charge in [0, 0.05) is 0 Å². The van der Waals surface area contributed by atoms with Gasteiger partial charge in [-0.1, -0.05) is 13.0 Å². The molecule has 2 rings (SSSR count). The Balaban J connectivity index is 2.33. The Kier molecular flexibility index (Phi) is 3.22. The molecule has 1 heterocycles. The van der Waals surface area contributed by atoms with Crippen molar-refractivity contribution in [3.63, 3.8) is 0 Å². The van der Waals surface area contributed by atoms with Gasteiger partial charge in [0.1, 0.15) is 18.4 Å². The summed E-state index contributed by atoms with van der Waals surface area (Å²) in [4.78, 5) is 12.8. The van der Waals surface area contributed by atoms with Crippen molar-refractivity contribution in [1.29, 1.82) is 0 Å². The molecule has 1 aromatic rings. The minimum Gasteiger partial charge on any atom is -0.486 e. The molecule has 4 heteroatoms. The average Bonchev–Trinajstić information content (AvgIpc) is 2.28. The van der Waals surface area contributed by atoms with E-state index in [1.807, 2.05) is 36.9 Å². The van der Waals surface area contributed by atoms with Gasteiger partial charge in [-0.15, -0.1) is 0 Å². The van der Waals surface area contributed by atoms with E-state index in [2.05, 4.69) is 0 Å². The fourth-order valence-electron chi connectivity index (χ4n) is 2.06. The zero-order valence-electron chi connectivity index (χ0n) is 10.1. The van der Waals surface area contributed by atoms with Crippen molar-refractivity contribution >= 4 is 11.7 Å². The lowest BCUT2D eigenvalue weighted by atomic mass is 10.1. The number of ether oxygens (including phenoxy) is 1. The van der Waals surface area contributed by atoms with E-state index in [4.69, 9.17) is 9.84 Å². The first-order valence-corrected chi connectivity index (χ1v) is 5.84. The highest BCUT2D eigenvalue weighted by Gasteiger charge is 2.25. The van der Waals surface area contributed by atoms with E-state index in [9.17, 15) is 4.79 Å². The van der Waals surface area contributed by atoms with E-state index >= 15 is 0 Å². The molecule has 1 unspecified atom stereocenters. The summed E-state index contributed by atoms with van der Waals surface area (Å²) >= 11 is 0. The number of hydrogen-bond donors (Lipinski definition) is 1. The summed E-state index contributed by atoms with van der Waals surface area (Å²) in [6, 6.07) is 5.88. The van der Waals surface area contributed by atoms with Crippen LogP contribution in [0, 0.1) is 6.92 Å². The number of benzene rings is 1. The number of hydrogen-bond acceptors (Lipinski definition) is 3. The van der Waals surface area contributed by atoms with Crippen molar-refractivity contribution in [2.75, 3.05) is 18.0 Å². The number of nitrogens with zero attached hydrogens (tertiary/aromatic N) is 1. The molecule has 0 aromatic heterocycles. The van der Waals surface area contributed by atoms with Gasteiger partial charge < -0.3 is 14.7 Å². The number of aryl methyl sites for hydroxylation is 1. The van der Waals surface area contributed by atoms with Gasteiger partial charge in [0.15, 0.2) is 0 Å². The second-order valence-corrected chi connectivity index (χ2v) is 4.39. The molecule has 0 radical (unpaired) electrons. The van der Waals surface area contributed by atoms with Gasteiger partial charge in [-0.3, -0.25) is 4.79 Å². The van der Waals surface area contributed by atoms with Crippen LogP contribution in [-0.2, 0) is 4.79 Å². The van der Waals surface area contributed by atoms with Crippen molar-refractivity contribution < 1.29 is 14.6 Å². The van der Waals surface area contributed by atoms with E-state index in [1.165, 1.54) is 0 Å². The quantitative estimate of drug-likeness (QED) is 0.871. The summed E-state index contributed by atoms with van der Waals surface area (Å²) in [5, 5.41) is 8.94. The highest BCUT2D eigenvalue weighted by Crippen LogP contribution is 2.34. The van der Waals surface area contributed by atoms with Crippen molar-refractivity contribution in [2.45, 2.75) is 26.4 Å². The van der Waals surface area contributed by atoms with Crippen LogP contribution < -0.4 is 9.64 Å². The number of aliphatic carboxylic acids is 1. The van der Waals surface area contributed by atoms with E-state index in [1.54, 1.807) is 0 Å². The second-order valence-electron chi connectivity index (χ2n) is 4.39. The smallest absolute Gasteiger partial charge is 0.323 e. The highest BCUT2D eigenvalue weighted by molar-refractivity contribution is 5.76. The van der Waals surface area contributed by atoms with Crippen molar-refractivity contribution in [1.82, 2.24) is 0 Å². The first-order valence-electron chi connectivity index (χ1n) is 5.84. The van der Waals surface area contributed by atoms with Gasteiger partial charge in [0.05, 0.1) is 12.2 Å². The predicted molar refractivity (Wildman–Crippen MR) is 65.7 cm³/mol. The number of carbonyl (C=O) groups is 1. The molecule has 4 nitrogen and oxygen atoms in total. The predicted octanol–water partition coefficient (Wildman–Crippen LogP) is 2.06. The van der Waals surface area contributed by atoms with E-state index < -0.39 is 5.97 Å². The summed E-state index contributed by atoms with van der Waals surface area (Å²) in [5.74, 6) is -0.0239. The van der Waals surface area contributed by atoms with Gasteiger partial charge in [-0.05, 0) is 31.0 Å². The van der Waals surface area contributed by atoms with E-state index in [0.717, 1.165) is 23.4 Å². The third-order valence-electron chi connectivity index (χ3n) is 2.95. The van der Waals surface area contributed by atoms with Crippen LogP contribution in [0.4, 0.5) is 5.69 Å². The van der Waals surface area contributed by atoms with E-state index in [-0.39, 0.29) is 12.6 Å². The molecule has 0 saturated carbocycles. The summed E-state index contributed by atoms with van der Waals surface area (Å²) in [5.41, 5.74) is 2.00. The molecule has 0 fully saturated rings. The van der Waals surface area contributed by atoms with Crippen LogP contribution in [0.3, 0.4) is 0 Å². The molecule has 1 aromatic carbocycles. The molecular weight excluding hydrogens is 218 g/mol.